The Morgan fingerprint density at radius 1 is 1.47 bits per heavy atom. The zero-order valence-corrected chi connectivity index (χ0v) is 9.74. The van der Waals surface area contributed by atoms with Gasteiger partial charge in [-0.1, -0.05) is 5.21 Å². The summed E-state index contributed by atoms with van der Waals surface area (Å²) < 4.78 is 3.47. The van der Waals surface area contributed by atoms with E-state index in [0.29, 0.717) is 12.6 Å². The maximum Gasteiger partial charge on any atom is 0.164 e. The molecule has 0 saturated heterocycles. The summed E-state index contributed by atoms with van der Waals surface area (Å²) in [6, 6.07) is 0.682. The van der Waals surface area contributed by atoms with Gasteiger partial charge in [-0.15, -0.1) is 5.10 Å². The molecule has 2 heterocycles. The van der Waals surface area contributed by atoms with Crippen molar-refractivity contribution in [3.05, 3.63) is 24.0 Å². The molecular weight excluding hydrogens is 218 g/mol. The van der Waals surface area contributed by atoms with E-state index in [4.69, 9.17) is 0 Å². The van der Waals surface area contributed by atoms with Gasteiger partial charge in [-0.2, -0.15) is 5.10 Å². The third-order valence-corrected chi connectivity index (χ3v) is 2.68. The SMILES string of the molecule is Cn1cc(Cn2cnc(CNC3CC3)n2)nn1. The third-order valence-electron chi connectivity index (χ3n) is 2.68. The quantitative estimate of drug-likeness (QED) is 0.768. The Hall–Kier alpha value is -1.76. The molecule has 7 nitrogen and oxygen atoms in total. The number of hydrogen-bond acceptors (Lipinski definition) is 5. The van der Waals surface area contributed by atoms with Crippen LogP contribution < -0.4 is 5.32 Å². The van der Waals surface area contributed by atoms with Crippen molar-refractivity contribution in [3.8, 4) is 0 Å². The van der Waals surface area contributed by atoms with Crippen LogP contribution in [0, 0.1) is 0 Å². The molecule has 1 fully saturated rings. The zero-order chi connectivity index (χ0) is 11.7. The standard InChI is InChI=1S/C10H15N7/c1-16-5-9(13-15-16)6-17-7-12-10(14-17)4-11-8-2-3-8/h5,7-8,11H,2-4,6H2,1H3. The summed E-state index contributed by atoms with van der Waals surface area (Å²) >= 11 is 0. The molecule has 1 aliphatic rings. The molecule has 0 unspecified atom stereocenters. The zero-order valence-electron chi connectivity index (χ0n) is 9.74. The molecular formula is C10H15N7. The van der Waals surface area contributed by atoms with Crippen molar-refractivity contribution in [2.24, 2.45) is 7.05 Å². The Kier molecular flexibility index (Phi) is 2.60. The van der Waals surface area contributed by atoms with E-state index in [1.165, 1.54) is 12.8 Å². The fourth-order valence-corrected chi connectivity index (χ4v) is 1.65. The van der Waals surface area contributed by atoms with Crippen LogP contribution in [0.1, 0.15) is 24.4 Å². The molecule has 0 radical (unpaired) electrons. The van der Waals surface area contributed by atoms with Crippen molar-refractivity contribution in [1.82, 2.24) is 35.1 Å². The summed E-state index contributed by atoms with van der Waals surface area (Å²) in [5, 5.41) is 15.7. The molecule has 0 aromatic carbocycles. The minimum absolute atomic E-state index is 0.615. The highest BCUT2D eigenvalue weighted by molar-refractivity contribution is 4.93. The lowest BCUT2D eigenvalue weighted by atomic mass is 10.5. The van der Waals surface area contributed by atoms with E-state index in [2.05, 4.69) is 25.7 Å². The van der Waals surface area contributed by atoms with Crippen molar-refractivity contribution < 1.29 is 0 Å². The molecule has 3 rings (SSSR count). The monoisotopic (exact) mass is 233 g/mol. The van der Waals surface area contributed by atoms with Gasteiger partial charge in [-0.05, 0) is 12.8 Å². The molecule has 0 atom stereocenters. The second-order valence-corrected chi connectivity index (χ2v) is 4.40. The lowest BCUT2D eigenvalue weighted by molar-refractivity contribution is 0.622. The summed E-state index contributed by atoms with van der Waals surface area (Å²) in [6.45, 7) is 1.36. The van der Waals surface area contributed by atoms with Gasteiger partial charge in [0, 0.05) is 19.3 Å². The molecule has 0 spiro atoms. The van der Waals surface area contributed by atoms with Gasteiger partial charge in [0.15, 0.2) is 5.82 Å². The highest BCUT2D eigenvalue weighted by Crippen LogP contribution is 2.18. The van der Waals surface area contributed by atoms with Crippen molar-refractivity contribution >= 4 is 0 Å². The first-order valence-corrected chi connectivity index (χ1v) is 5.76. The van der Waals surface area contributed by atoms with Gasteiger partial charge in [0.2, 0.25) is 0 Å². The van der Waals surface area contributed by atoms with Gasteiger partial charge in [0.1, 0.15) is 12.0 Å². The molecule has 0 bridgehead atoms. The fraction of sp³-hybridized carbons (Fsp3) is 0.600. The summed E-state index contributed by atoms with van der Waals surface area (Å²) in [6.07, 6.45) is 6.17. The summed E-state index contributed by atoms with van der Waals surface area (Å²) in [5.41, 5.74) is 0.888. The number of nitrogens with one attached hydrogen (secondary N) is 1. The highest BCUT2D eigenvalue weighted by atomic mass is 15.4. The van der Waals surface area contributed by atoms with Crippen LogP contribution in [0.3, 0.4) is 0 Å². The molecule has 17 heavy (non-hydrogen) atoms. The number of rotatable bonds is 5. The van der Waals surface area contributed by atoms with Crippen LogP contribution in [0.25, 0.3) is 0 Å². The van der Waals surface area contributed by atoms with Crippen molar-refractivity contribution in [2.75, 3.05) is 0 Å². The Morgan fingerprint density at radius 2 is 2.35 bits per heavy atom. The first-order chi connectivity index (χ1) is 8.29. The lowest BCUT2D eigenvalue weighted by Crippen LogP contribution is -2.16. The number of hydrogen-bond donors (Lipinski definition) is 1. The van der Waals surface area contributed by atoms with Crippen molar-refractivity contribution in [1.29, 1.82) is 0 Å². The van der Waals surface area contributed by atoms with E-state index in [0.717, 1.165) is 18.1 Å². The highest BCUT2D eigenvalue weighted by Gasteiger charge is 2.20. The topological polar surface area (TPSA) is 73.5 Å². The minimum atomic E-state index is 0.615. The third kappa shape index (κ3) is 2.68. The average molecular weight is 233 g/mol. The van der Waals surface area contributed by atoms with E-state index < -0.39 is 0 Å². The lowest BCUT2D eigenvalue weighted by Gasteiger charge is -1.97. The maximum absolute atomic E-state index is 4.38. The smallest absolute Gasteiger partial charge is 0.164 e. The van der Waals surface area contributed by atoms with Gasteiger partial charge in [-0.3, -0.25) is 4.68 Å². The van der Waals surface area contributed by atoms with Crippen LogP contribution in [-0.2, 0) is 20.1 Å². The normalized spacial score (nSPS) is 15.4. The summed E-state index contributed by atoms with van der Waals surface area (Å²) in [5.74, 6) is 0.834. The predicted molar refractivity (Wildman–Crippen MR) is 60.0 cm³/mol. The summed E-state index contributed by atoms with van der Waals surface area (Å²) in [4.78, 5) is 4.25. The van der Waals surface area contributed by atoms with Crippen LogP contribution in [0.2, 0.25) is 0 Å². The Bertz CT molecular complexity index is 496. The van der Waals surface area contributed by atoms with Gasteiger partial charge in [0.05, 0.1) is 13.1 Å². The van der Waals surface area contributed by atoms with Crippen LogP contribution in [0.4, 0.5) is 0 Å². The Balaban J connectivity index is 1.59. The van der Waals surface area contributed by atoms with Crippen LogP contribution in [0.5, 0.6) is 0 Å². The van der Waals surface area contributed by atoms with Gasteiger partial charge in [-0.25, -0.2) is 9.67 Å². The molecule has 2 aromatic heterocycles. The van der Waals surface area contributed by atoms with E-state index in [1.807, 2.05) is 13.2 Å². The number of aromatic nitrogens is 6. The van der Waals surface area contributed by atoms with E-state index >= 15 is 0 Å². The second kappa shape index (κ2) is 4.25. The first kappa shape index (κ1) is 10.4. The average Bonchev–Trinajstić information content (AvgIpc) is 2.90. The minimum Gasteiger partial charge on any atom is -0.307 e. The van der Waals surface area contributed by atoms with Crippen LogP contribution in [0.15, 0.2) is 12.5 Å². The number of nitrogens with zero attached hydrogens (tertiary/aromatic N) is 6. The van der Waals surface area contributed by atoms with E-state index in [1.54, 1.807) is 15.7 Å². The van der Waals surface area contributed by atoms with Crippen molar-refractivity contribution in [3.63, 3.8) is 0 Å². The fourth-order valence-electron chi connectivity index (χ4n) is 1.65. The molecule has 0 aliphatic heterocycles. The molecule has 7 heteroatoms. The molecule has 1 N–H and O–H groups in total. The van der Waals surface area contributed by atoms with Crippen LogP contribution >= 0.6 is 0 Å². The Morgan fingerprint density at radius 3 is 3.06 bits per heavy atom. The van der Waals surface area contributed by atoms with Crippen molar-refractivity contribution in [2.45, 2.75) is 32.0 Å². The first-order valence-electron chi connectivity index (χ1n) is 5.76. The maximum atomic E-state index is 4.38. The van der Waals surface area contributed by atoms with Gasteiger partial charge >= 0.3 is 0 Å². The molecule has 0 amide bonds. The molecule has 90 valence electrons. The van der Waals surface area contributed by atoms with E-state index in [9.17, 15) is 0 Å². The van der Waals surface area contributed by atoms with Crippen LogP contribution in [-0.4, -0.2) is 35.8 Å². The molecule has 1 saturated carbocycles. The van der Waals surface area contributed by atoms with Gasteiger partial charge < -0.3 is 5.32 Å². The molecule has 2 aromatic rings. The summed E-state index contributed by atoms with van der Waals surface area (Å²) in [7, 11) is 1.85. The second-order valence-electron chi connectivity index (χ2n) is 4.40. The molecule has 1 aliphatic carbocycles. The predicted octanol–water partition coefficient (Wildman–Crippen LogP) is -0.293. The van der Waals surface area contributed by atoms with Gasteiger partial charge in [0.25, 0.3) is 0 Å². The van der Waals surface area contributed by atoms with E-state index in [-0.39, 0.29) is 0 Å². The Labute approximate surface area is 98.8 Å². The number of aryl methyl sites for hydroxylation is 1. The largest absolute Gasteiger partial charge is 0.307 e.